The second-order valence-electron chi connectivity index (χ2n) is 4.84. The number of phenols is 1. The number of hydrogen-bond acceptors (Lipinski definition) is 3. The molecule has 2 heterocycles. The minimum Gasteiger partial charge on any atom is -0.508 e. The van der Waals surface area contributed by atoms with Crippen LogP contribution < -0.4 is 4.74 Å². The molecule has 0 radical (unpaired) electrons. The van der Waals surface area contributed by atoms with Crippen molar-refractivity contribution in [2.45, 2.75) is 0 Å². The highest BCUT2D eigenvalue weighted by Crippen LogP contribution is 2.31. The van der Waals surface area contributed by atoms with Gasteiger partial charge in [-0.3, -0.25) is 4.98 Å². The van der Waals surface area contributed by atoms with E-state index in [4.69, 9.17) is 4.74 Å². The highest BCUT2D eigenvalue weighted by Gasteiger charge is 2.06. The van der Waals surface area contributed by atoms with E-state index in [1.807, 2.05) is 42.6 Å². The number of ether oxygens (including phenoxy) is 1. The lowest BCUT2D eigenvalue weighted by atomic mass is 10.2. The average molecular weight is 276 g/mol. The Morgan fingerprint density at radius 3 is 2.90 bits per heavy atom. The van der Waals surface area contributed by atoms with Crippen molar-refractivity contribution in [3.8, 4) is 17.2 Å². The summed E-state index contributed by atoms with van der Waals surface area (Å²) in [6.45, 7) is 0. The van der Waals surface area contributed by atoms with Gasteiger partial charge in [0.1, 0.15) is 17.2 Å². The van der Waals surface area contributed by atoms with Crippen molar-refractivity contribution in [2.75, 3.05) is 0 Å². The number of phenolic OH excluding ortho intramolecular Hbond substituents is 1. The van der Waals surface area contributed by atoms with Gasteiger partial charge < -0.3 is 14.8 Å². The van der Waals surface area contributed by atoms with Gasteiger partial charge in [-0.2, -0.15) is 0 Å². The van der Waals surface area contributed by atoms with Gasteiger partial charge in [-0.25, -0.2) is 0 Å². The Morgan fingerprint density at radius 2 is 1.95 bits per heavy atom. The van der Waals surface area contributed by atoms with E-state index in [0.717, 1.165) is 27.8 Å². The molecule has 2 N–H and O–H groups in total. The third-order valence-corrected chi connectivity index (χ3v) is 3.44. The van der Waals surface area contributed by atoms with Crippen LogP contribution in [0.1, 0.15) is 0 Å². The standard InChI is InChI=1S/C17H12N2O2/c20-12-1-3-14-16(10-12)19-8-6-17(14)21-13-2-4-15-11(9-13)5-7-18-15/h1-10,18,20H. The molecule has 4 rings (SSSR count). The van der Waals surface area contributed by atoms with E-state index in [1.54, 1.807) is 18.3 Å². The molecule has 0 spiro atoms. The van der Waals surface area contributed by atoms with Crippen molar-refractivity contribution in [1.82, 2.24) is 9.97 Å². The van der Waals surface area contributed by atoms with Crippen molar-refractivity contribution >= 4 is 21.8 Å². The third kappa shape index (κ3) is 2.07. The van der Waals surface area contributed by atoms with Gasteiger partial charge in [-0.1, -0.05) is 0 Å². The zero-order valence-corrected chi connectivity index (χ0v) is 11.1. The minimum absolute atomic E-state index is 0.195. The minimum atomic E-state index is 0.195. The predicted octanol–water partition coefficient (Wildman–Crippen LogP) is 4.21. The van der Waals surface area contributed by atoms with E-state index in [1.165, 1.54) is 0 Å². The van der Waals surface area contributed by atoms with Crippen LogP contribution in [-0.2, 0) is 0 Å². The predicted molar refractivity (Wildman–Crippen MR) is 81.8 cm³/mol. The summed E-state index contributed by atoms with van der Waals surface area (Å²) in [5.74, 6) is 1.68. The molecule has 102 valence electrons. The molecule has 21 heavy (non-hydrogen) atoms. The second-order valence-corrected chi connectivity index (χ2v) is 4.84. The van der Waals surface area contributed by atoms with Gasteiger partial charge >= 0.3 is 0 Å². The summed E-state index contributed by atoms with van der Waals surface area (Å²) in [6, 6.07) is 14.8. The van der Waals surface area contributed by atoms with Gasteiger partial charge in [0, 0.05) is 34.7 Å². The number of aromatic hydroxyl groups is 1. The lowest BCUT2D eigenvalue weighted by Gasteiger charge is -2.09. The van der Waals surface area contributed by atoms with Gasteiger partial charge in [0.15, 0.2) is 0 Å². The van der Waals surface area contributed by atoms with E-state index in [2.05, 4.69) is 9.97 Å². The van der Waals surface area contributed by atoms with E-state index in [9.17, 15) is 5.11 Å². The molecule has 0 saturated heterocycles. The Balaban J connectivity index is 1.79. The molecule has 0 aliphatic heterocycles. The van der Waals surface area contributed by atoms with Crippen molar-refractivity contribution in [1.29, 1.82) is 0 Å². The maximum Gasteiger partial charge on any atom is 0.138 e. The van der Waals surface area contributed by atoms with Crippen LogP contribution >= 0.6 is 0 Å². The first-order valence-corrected chi connectivity index (χ1v) is 6.62. The zero-order chi connectivity index (χ0) is 14.2. The fourth-order valence-electron chi connectivity index (χ4n) is 2.42. The lowest BCUT2D eigenvalue weighted by molar-refractivity contribution is 0.475. The maximum atomic E-state index is 9.52. The molecule has 4 nitrogen and oxygen atoms in total. The molecule has 0 aliphatic carbocycles. The van der Waals surface area contributed by atoms with Crippen LogP contribution in [0.15, 0.2) is 60.9 Å². The highest BCUT2D eigenvalue weighted by molar-refractivity contribution is 5.86. The molecule has 0 unspecified atom stereocenters. The summed E-state index contributed by atoms with van der Waals surface area (Å²) in [5.41, 5.74) is 1.78. The fourth-order valence-corrected chi connectivity index (χ4v) is 2.42. The van der Waals surface area contributed by atoms with Crippen molar-refractivity contribution < 1.29 is 9.84 Å². The van der Waals surface area contributed by atoms with Crippen LogP contribution in [0.4, 0.5) is 0 Å². The van der Waals surface area contributed by atoms with Gasteiger partial charge in [0.05, 0.1) is 5.52 Å². The van der Waals surface area contributed by atoms with Crippen molar-refractivity contribution in [3.63, 3.8) is 0 Å². The first kappa shape index (κ1) is 11.8. The molecule has 0 bridgehead atoms. The molecule has 2 aromatic carbocycles. The Hall–Kier alpha value is -3.01. The summed E-state index contributed by atoms with van der Waals surface area (Å²) in [4.78, 5) is 7.39. The third-order valence-electron chi connectivity index (χ3n) is 3.44. The van der Waals surface area contributed by atoms with E-state index in [0.29, 0.717) is 5.52 Å². The Kier molecular flexibility index (Phi) is 2.54. The number of nitrogens with one attached hydrogen (secondary N) is 1. The second kappa shape index (κ2) is 4.52. The summed E-state index contributed by atoms with van der Waals surface area (Å²) >= 11 is 0. The highest BCUT2D eigenvalue weighted by atomic mass is 16.5. The normalized spacial score (nSPS) is 11.0. The topological polar surface area (TPSA) is 58.1 Å². The number of benzene rings is 2. The number of aromatic amines is 1. The van der Waals surface area contributed by atoms with Crippen LogP contribution in [0.3, 0.4) is 0 Å². The van der Waals surface area contributed by atoms with Crippen molar-refractivity contribution in [3.05, 3.63) is 60.9 Å². The first-order valence-electron chi connectivity index (χ1n) is 6.62. The smallest absolute Gasteiger partial charge is 0.138 e. The van der Waals surface area contributed by atoms with Crippen LogP contribution in [0.5, 0.6) is 17.2 Å². The van der Waals surface area contributed by atoms with Gasteiger partial charge in [0.25, 0.3) is 0 Å². The Labute approximate surface area is 120 Å². The van der Waals surface area contributed by atoms with Crippen molar-refractivity contribution in [2.24, 2.45) is 0 Å². The number of H-pyrrole nitrogens is 1. The van der Waals surface area contributed by atoms with E-state index < -0.39 is 0 Å². The van der Waals surface area contributed by atoms with Crippen LogP contribution in [0.25, 0.3) is 21.8 Å². The maximum absolute atomic E-state index is 9.52. The van der Waals surface area contributed by atoms with Gasteiger partial charge in [-0.15, -0.1) is 0 Å². The average Bonchev–Trinajstić information content (AvgIpc) is 2.95. The zero-order valence-electron chi connectivity index (χ0n) is 11.1. The van der Waals surface area contributed by atoms with Crippen LogP contribution in [-0.4, -0.2) is 15.1 Å². The number of hydrogen-bond donors (Lipinski definition) is 2. The van der Waals surface area contributed by atoms with Gasteiger partial charge in [0.2, 0.25) is 0 Å². The summed E-state index contributed by atoms with van der Waals surface area (Å²) < 4.78 is 5.97. The SMILES string of the molecule is Oc1ccc2c(Oc3ccc4[nH]ccc4c3)ccnc2c1. The van der Waals surface area contributed by atoms with Crippen LogP contribution in [0, 0.1) is 0 Å². The first-order chi connectivity index (χ1) is 10.3. The summed E-state index contributed by atoms with van der Waals surface area (Å²) in [5, 5.41) is 11.5. The molecule has 0 saturated carbocycles. The number of rotatable bonds is 2. The quantitative estimate of drug-likeness (QED) is 0.576. The number of pyridine rings is 1. The monoisotopic (exact) mass is 276 g/mol. The molecular formula is C17H12N2O2. The van der Waals surface area contributed by atoms with E-state index in [-0.39, 0.29) is 5.75 Å². The Morgan fingerprint density at radius 1 is 1.00 bits per heavy atom. The lowest BCUT2D eigenvalue weighted by Crippen LogP contribution is -1.87. The molecule has 0 fully saturated rings. The Bertz CT molecular complexity index is 944. The van der Waals surface area contributed by atoms with Gasteiger partial charge in [-0.05, 0) is 42.5 Å². The van der Waals surface area contributed by atoms with E-state index >= 15 is 0 Å². The molecule has 4 heteroatoms. The molecular weight excluding hydrogens is 264 g/mol. The molecule has 0 atom stereocenters. The van der Waals surface area contributed by atoms with Crippen LogP contribution in [0.2, 0.25) is 0 Å². The molecule has 4 aromatic rings. The summed E-state index contributed by atoms with van der Waals surface area (Å²) in [6.07, 6.45) is 3.57. The number of nitrogens with zero attached hydrogens (tertiary/aromatic N) is 1. The molecule has 0 amide bonds. The number of aromatic nitrogens is 2. The number of fused-ring (bicyclic) bond motifs is 2. The molecule has 0 aliphatic rings. The fraction of sp³-hybridized carbons (Fsp3) is 0. The molecule has 2 aromatic heterocycles. The summed E-state index contributed by atoms with van der Waals surface area (Å²) in [7, 11) is 0. The largest absolute Gasteiger partial charge is 0.508 e.